The van der Waals surface area contributed by atoms with Crippen molar-refractivity contribution in [1.29, 1.82) is 0 Å². The highest BCUT2D eigenvalue weighted by Gasteiger charge is 1.98. The Labute approximate surface area is 71.1 Å². The predicted molar refractivity (Wildman–Crippen MR) is 47.0 cm³/mol. The van der Waals surface area contributed by atoms with E-state index in [-0.39, 0.29) is 11.6 Å². The minimum atomic E-state index is -0.578. The van der Waals surface area contributed by atoms with Gasteiger partial charge >= 0.3 is 0 Å². The Morgan fingerprint density at radius 1 is 1.75 bits per heavy atom. The zero-order valence-corrected chi connectivity index (χ0v) is 7.25. The summed E-state index contributed by atoms with van der Waals surface area (Å²) in [7, 11) is 0. The van der Waals surface area contributed by atoms with E-state index >= 15 is 0 Å². The molecule has 3 nitrogen and oxygen atoms in total. The number of nitrogens with two attached hydrogens (primary N) is 1. The molecule has 0 aromatic heterocycles. The van der Waals surface area contributed by atoms with Crippen LogP contribution in [0.3, 0.4) is 0 Å². The van der Waals surface area contributed by atoms with Gasteiger partial charge in [0.05, 0.1) is 0 Å². The molecule has 0 aliphatic rings. The summed E-state index contributed by atoms with van der Waals surface area (Å²) in [5.41, 5.74) is 5.13. The maximum absolute atomic E-state index is 12.4. The van der Waals surface area contributed by atoms with Gasteiger partial charge < -0.3 is 5.73 Å². The van der Waals surface area contributed by atoms with Gasteiger partial charge in [-0.15, -0.1) is 4.91 Å². The fourth-order valence-corrected chi connectivity index (χ4v) is 0.542. The molecule has 0 rings (SSSR count). The molecule has 0 radical (unpaired) electrons. The van der Waals surface area contributed by atoms with Gasteiger partial charge in [-0.2, -0.15) is 0 Å². The van der Waals surface area contributed by atoms with Crippen LogP contribution in [0, 0.1) is 10.8 Å². The van der Waals surface area contributed by atoms with E-state index in [1.54, 1.807) is 6.08 Å². The van der Waals surface area contributed by atoms with Gasteiger partial charge in [-0.05, 0) is 30.6 Å². The van der Waals surface area contributed by atoms with Crippen LogP contribution < -0.4 is 5.73 Å². The van der Waals surface area contributed by atoms with Crippen LogP contribution in [0.25, 0.3) is 0 Å². The molecule has 4 heteroatoms. The van der Waals surface area contributed by atoms with Gasteiger partial charge in [0.25, 0.3) is 0 Å². The van der Waals surface area contributed by atoms with Crippen molar-refractivity contribution in [2.45, 2.75) is 13.8 Å². The lowest BCUT2D eigenvalue weighted by Gasteiger charge is -1.98. The molecule has 0 saturated heterocycles. The summed E-state index contributed by atoms with van der Waals surface area (Å²) in [5.74, 6) is -0.452. The molecular weight excluding hydrogens is 159 g/mol. The van der Waals surface area contributed by atoms with Crippen LogP contribution in [0.15, 0.2) is 28.9 Å². The Kier molecular flexibility index (Phi) is 5.12. The number of rotatable bonds is 4. The smallest absolute Gasteiger partial charge is 0.138 e. The number of nitroso groups, excluding NO2 is 1. The fourth-order valence-electron chi connectivity index (χ4n) is 0.542. The summed E-state index contributed by atoms with van der Waals surface area (Å²) in [5, 5.41) is 2.52. The van der Waals surface area contributed by atoms with Crippen LogP contribution in [-0.2, 0) is 0 Å². The summed E-state index contributed by atoms with van der Waals surface area (Å²) in [6, 6.07) is 0. The van der Waals surface area contributed by atoms with E-state index < -0.39 is 5.83 Å². The number of hydrogen-bond donors (Lipinski definition) is 1. The molecule has 0 bridgehead atoms. The van der Waals surface area contributed by atoms with E-state index in [1.807, 2.05) is 6.92 Å². The Morgan fingerprint density at radius 2 is 2.33 bits per heavy atom. The van der Waals surface area contributed by atoms with Crippen molar-refractivity contribution in [3.63, 3.8) is 0 Å². The van der Waals surface area contributed by atoms with Crippen molar-refractivity contribution in [1.82, 2.24) is 0 Å². The molecule has 68 valence electrons. The summed E-state index contributed by atoms with van der Waals surface area (Å²) in [6.07, 6.45) is 3.00. The topological polar surface area (TPSA) is 55.4 Å². The molecule has 1 unspecified atom stereocenters. The minimum Gasteiger partial charge on any atom is -0.330 e. The highest BCUT2D eigenvalue weighted by atomic mass is 19.1. The second kappa shape index (κ2) is 5.60. The van der Waals surface area contributed by atoms with Crippen molar-refractivity contribution < 1.29 is 4.39 Å². The number of nitrogens with zero attached hydrogens (tertiary/aromatic N) is 1. The second-order valence-corrected chi connectivity index (χ2v) is 2.58. The van der Waals surface area contributed by atoms with E-state index in [4.69, 9.17) is 5.73 Å². The maximum Gasteiger partial charge on any atom is 0.138 e. The Morgan fingerprint density at radius 3 is 2.67 bits per heavy atom. The van der Waals surface area contributed by atoms with Crippen LogP contribution in [0.5, 0.6) is 0 Å². The van der Waals surface area contributed by atoms with E-state index in [0.29, 0.717) is 6.54 Å². The van der Waals surface area contributed by atoms with Crippen LogP contribution in [0.2, 0.25) is 0 Å². The third-order valence-electron chi connectivity index (χ3n) is 1.41. The van der Waals surface area contributed by atoms with Gasteiger partial charge in [0.2, 0.25) is 0 Å². The first-order valence-corrected chi connectivity index (χ1v) is 3.69. The summed E-state index contributed by atoms with van der Waals surface area (Å²) >= 11 is 0. The molecule has 12 heavy (non-hydrogen) atoms. The zero-order chi connectivity index (χ0) is 9.56. The lowest BCUT2D eigenvalue weighted by atomic mass is 10.1. The molecule has 0 aromatic carbocycles. The van der Waals surface area contributed by atoms with Crippen LogP contribution in [0.4, 0.5) is 4.39 Å². The average molecular weight is 172 g/mol. The number of halogens is 1. The number of allylic oxidation sites excluding steroid dienone is 2. The maximum atomic E-state index is 12.4. The molecule has 0 amide bonds. The van der Waals surface area contributed by atoms with Crippen LogP contribution in [-0.4, -0.2) is 6.54 Å². The van der Waals surface area contributed by atoms with Gasteiger partial charge in [-0.1, -0.05) is 13.0 Å². The molecule has 0 fully saturated rings. The quantitative estimate of drug-likeness (QED) is 0.521. The first kappa shape index (κ1) is 11.0. The fraction of sp³-hybridized carbons (Fsp3) is 0.500. The summed E-state index contributed by atoms with van der Waals surface area (Å²) in [4.78, 5) is 10.0. The van der Waals surface area contributed by atoms with Crippen LogP contribution in [0.1, 0.15) is 13.8 Å². The lowest BCUT2D eigenvalue weighted by molar-refractivity contribution is 0.629. The Balaban J connectivity index is 4.31. The van der Waals surface area contributed by atoms with Crippen molar-refractivity contribution in [3.05, 3.63) is 28.6 Å². The minimum absolute atomic E-state index is 0.126. The van der Waals surface area contributed by atoms with Gasteiger partial charge in [-0.3, -0.25) is 0 Å². The third kappa shape index (κ3) is 3.98. The Hall–Kier alpha value is -1.03. The molecule has 0 aromatic rings. The lowest BCUT2D eigenvalue weighted by Crippen LogP contribution is -2.07. The van der Waals surface area contributed by atoms with Gasteiger partial charge in [0, 0.05) is 0 Å². The molecule has 0 saturated carbocycles. The predicted octanol–water partition coefficient (Wildman–Crippen LogP) is 2.10. The van der Waals surface area contributed by atoms with Crippen molar-refractivity contribution >= 4 is 0 Å². The van der Waals surface area contributed by atoms with Crippen molar-refractivity contribution in [3.8, 4) is 0 Å². The van der Waals surface area contributed by atoms with Gasteiger partial charge in [-0.25, -0.2) is 4.39 Å². The van der Waals surface area contributed by atoms with Crippen molar-refractivity contribution in [2.24, 2.45) is 16.8 Å². The normalized spacial score (nSPS) is 16.0. The van der Waals surface area contributed by atoms with Crippen molar-refractivity contribution in [2.75, 3.05) is 6.54 Å². The molecule has 0 spiro atoms. The second-order valence-electron chi connectivity index (χ2n) is 2.58. The highest BCUT2D eigenvalue weighted by Crippen LogP contribution is 2.09. The molecule has 0 aliphatic carbocycles. The molecular formula is C8H13FN2O. The largest absolute Gasteiger partial charge is 0.330 e. The van der Waals surface area contributed by atoms with Gasteiger partial charge in [0.1, 0.15) is 11.5 Å². The third-order valence-corrected chi connectivity index (χ3v) is 1.41. The van der Waals surface area contributed by atoms with E-state index in [2.05, 4.69) is 5.18 Å². The molecule has 2 N–H and O–H groups in total. The molecule has 0 heterocycles. The zero-order valence-electron chi connectivity index (χ0n) is 7.25. The number of hydrogen-bond acceptors (Lipinski definition) is 3. The van der Waals surface area contributed by atoms with E-state index in [1.165, 1.54) is 13.0 Å². The Bertz CT molecular complexity index is 207. The first-order valence-electron chi connectivity index (χ1n) is 3.69. The van der Waals surface area contributed by atoms with E-state index in [9.17, 15) is 9.30 Å². The standard InChI is InChI=1S/C8H13FN2O/c1-6(5-10)3-4-8(11-12)7(2)9/h3-4,6H,5,10H2,1-2H3. The highest BCUT2D eigenvalue weighted by molar-refractivity contribution is 5.19. The summed E-state index contributed by atoms with van der Waals surface area (Å²) < 4.78 is 12.4. The summed E-state index contributed by atoms with van der Waals surface area (Å²) in [6.45, 7) is 3.52. The van der Waals surface area contributed by atoms with Crippen LogP contribution >= 0.6 is 0 Å². The molecule has 0 aliphatic heterocycles. The molecule has 1 atom stereocenters. The first-order chi connectivity index (χ1) is 5.61. The van der Waals surface area contributed by atoms with Gasteiger partial charge in [0.15, 0.2) is 0 Å². The monoisotopic (exact) mass is 172 g/mol. The van der Waals surface area contributed by atoms with E-state index in [0.717, 1.165) is 0 Å². The average Bonchev–Trinajstić information content (AvgIpc) is 2.04. The SMILES string of the molecule is CC(F)=C(C=CC(C)CN)N=O.